The molecule has 1 unspecified atom stereocenters. The second kappa shape index (κ2) is 8.71. The molecule has 0 aliphatic heterocycles. The maximum absolute atomic E-state index is 12.7. The van der Waals surface area contributed by atoms with E-state index in [2.05, 4.69) is 36.4 Å². The molecule has 31 heavy (non-hydrogen) atoms. The van der Waals surface area contributed by atoms with Crippen LogP contribution in [0.1, 0.15) is 62.2 Å². The molecule has 2 amide bonds. The smallest absolute Gasteiger partial charge is 0.315 e. The minimum Gasteiger partial charge on any atom is -0.332 e. The minimum atomic E-state index is -0.189. The Balaban J connectivity index is 1.50. The van der Waals surface area contributed by atoms with Gasteiger partial charge in [-0.2, -0.15) is 5.10 Å². The molecule has 7 heteroatoms. The molecule has 0 saturated carbocycles. The standard InChI is InChI=1S/C24H28ClN5O/c1-24(2,3)22-13-19(30(29-22)18-8-5-7-17(25)12-18)15-27-23(31)28-21-9-4-6-16-14-26-11-10-20(16)21/h5,7-8,10-14,21H,4,6,9,15H2,1-3H3,(H2,27,28,31). The number of hydrogen-bond acceptors (Lipinski definition) is 3. The number of fused-ring (bicyclic) bond motifs is 1. The first-order chi connectivity index (χ1) is 14.8. The van der Waals surface area contributed by atoms with E-state index in [9.17, 15) is 4.79 Å². The summed E-state index contributed by atoms with van der Waals surface area (Å²) in [7, 11) is 0. The highest BCUT2D eigenvalue weighted by molar-refractivity contribution is 6.30. The summed E-state index contributed by atoms with van der Waals surface area (Å²) < 4.78 is 1.86. The largest absolute Gasteiger partial charge is 0.332 e. The lowest BCUT2D eigenvalue weighted by Crippen LogP contribution is -2.39. The molecule has 2 heterocycles. The Morgan fingerprint density at radius 2 is 2.10 bits per heavy atom. The van der Waals surface area contributed by atoms with Gasteiger partial charge >= 0.3 is 6.03 Å². The average molecular weight is 438 g/mol. The SMILES string of the molecule is CC(C)(C)c1cc(CNC(=O)NC2CCCc3cnccc32)n(-c2cccc(Cl)c2)n1. The number of aromatic nitrogens is 3. The molecular weight excluding hydrogens is 410 g/mol. The third-order valence-corrected chi connectivity index (χ3v) is 5.83. The van der Waals surface area contributed by atoms with Gasteiger partial charge in [-0.05, 0) is 60.7 Å². The zero-order valence-electron chi connectivity index (χ0n) is 18.2. The predicted molar refractivity (Wildman–Crippen MR) is 123 cm³/mol. The van der Waals surface area contributed by atoms with Crippen molar-refractivity contribution in [2.24, 2.45) is 0 Å². The van der Waals surface area contributed by atoms with E-state index >= 15 is 0 Å². The molecule has 6 nitrogen and oxygen atoms in total. The van der Waals surface area contributed by atoms with Crippen LogP contribution in [-0.2, 0) is 18.4 Å². The number of rotatable bonds is 4. The van der Waals surface area contributed by atoms with Gasteiger partial charge in [0, 0.05) is 22.8 Å². The number of pyridine rings is 1. The molecule has 2 N–H and O–H groups in total. The van der Waals surface area contributed by atoms with Crippen LogP contribution in [0.3, 0.4) is 0 Å². The first-order valence-corrected chi connectivity index (χ1v) is 11.0. The highest BCUT2D eigenvalue weighted by Gasteiger charge is 2.23. The fourth-order valence-electron chi connectivity index (χ4n) is 3.91. The summed E-state index contributed by atoms with van der Waals surface area (Å²) in [6.45, 7) is 6.72. The van der Waals surface area contributed by atoms with E-state index in [1.54, 1.807) is 6.20 Å². The zero-order valence-corrected chi connectivity index (χ0v) is 18.9. The Hall–Kier alpha value is -2.86. The summed E-state index contributed by atoms with van der Waals surface area (Å²) in [5, 5.41) is 11.6. The predicted octanol–water partition coefficient (Wildman–Crippen LogP) is 5.10. The first kappa shape index (κ1) is 21.4. The summed E-state index contributed by atoms with van der Waals surface area (Å²) in [6.07, 6.45) is 6.67. The minimum absolute atomic E-state index is 0.00901. The van der Waals surface area contributed by atoms with Crippen molar-refractivity contribution in [3.05, 3.63) is 76.3 Å². The van der Waals surface area contributed by atoms with Crippen LogP contribution in [0.4, 0.5) is 4.79 Å². The van der Waals surface area contributed by atoms with E-state index in [0.29, 0.717) is 11.6 Å². The van der Waals surface area contributed by atoms with E-state index in [-0.39, 0.29) is 17.5 Å². The summed E-state index contributed by atoms with van der Waals surface area (Å²) in [5.74, 6) is 0. The van der Waals surface area contributed by atoms with Crippen molar-refractivity contribution in [3.63, 3.8) is 0 Å². The Morgan fingerprint density at radius 1 is 1.26 bits per heavy atom. The highest BCUT2D eigenvalue weighted by Crippen LogP contribution is 2.29. The van der Waals surface area contributed by atoms with Crippen LogP contribution >= 0.6 is 11.6 Å². The number of benzene rings is 1. The molecule has 0 saturated heterocycles. The number of urea groups is 1. The monoisotopic (exact) mass is 437 g/mol. The third-order valence-electron chi connectivity index (χ3n) is 5.60. The third kappa shape index (κ3) is 4.90. The molecule has 162 valence electrons. The molecule has 1 atom stereocenters. The van der Waals surface area contributed by atoms with Crippen LogP contribution in [0, 0.1) is 0 Å². The van der Waals surface area contributed by atoms with Crippen molar-refractivity contribution in [2.45, 2.75) is 58.0 Å². The Bertz CT molecular complexity index is 1090. The fraction of sp³-hybridized carbons (Fsp3) is 0.375. The van der Waals surface area contributed by atoms with Crippen molar-refractivity contribution in [2.75, 3.05) is 0 Å². The lowest BCUT2D eigenvalue weighted by molar-refractivity contribution is 0.235. The topological polar surface area (TPSA) is 71.8 Å². The number of aryl methyl sites for hydroxylation is 1. The van der Waals surface area contributed by atoms with Crippen LogP contribution in [-0.4, -0.2) is 20.8 Å². The molecule has 0 fully saturated rings. The van der Waals surface area contributed by atoms with Gasteiger partial charge in [-0.25, -0.2) is 9.48 Å². The number of carbonyl (C=O) groups excluding carboxylic acids is 1. The molecule has 4 rings (SSSR count). The normalized spacial score (nSPS) is 15.9. The van der Waals surface area contributed by atoms with Gasteiger partial charge < -0.3 is 10.6 Å². The molecule has 0 radical (unpaired) electrons. The number of nitrogens with zero attached hydrogens (tertiary/aromatic N) is 3. The highest BCUT2D eigenvalue weighted by atomic mass is 35.5. The van der Waals surface area contributed by atoms with Crippen molar-refractivity contribution in [1.82, 2.24) is 25.4 Å². The molecule has 1 aliphatic rings. The average Bonchev–Trinajstić information content (AvgIpc) is 3.17. The molecule has 0 spiro atoms. The van der Waals surface area contributed by atoms with Gasteiger partial charge in [-0.15, -0.1) is 0 Å². The first-order valence-electron chi connectivity index (χ1n) is 10.6. The summed E-state index contributed by atoms with van der Waals surface area (Å²) in [4.78, 5) is 16.9. The van der Waals surface area contributed by atoms with Crippen LogP contribution in [0.25, 0.3) is 5.69 Å². The molecule has 3 aromatic rings. The lowest BCUT2D eigenvalue weighted by Gasteiger charge is -2.26. The van der Waals surface area contributed by atoms with E-state index in [4.69, 9.17) is 16.7 Å². The van der Waals surface area contributed by atoms with E-state index in [1.807, 2.05) is 47.3 Å². The van der Waals surface area contributed by atoms with Crippen molar-refractivity contribution < 1.29 is 4.79 Å². The number of nitrogens with one attached hydrogen (secondary N) is 2. The van der Waals surface area contributed by atoms with Gasteiger partial charge in [0.1, 0.15) is 0 Å². The van der Waals surface area contributed by atoms with Crippen LogP contribution in [0.2, 0.25) is 5.02 Å². The zero-order chi connectivity index (χ0) is 22.0. The molecule has 0 bridgehead atoms. The summed E-state index contributed by atoms with van der Waals surface area (Å²) >= 11 is 6.20. The quantitative estimate of drug-likeness (QED) is 0.596. The lowest BCUT2D eigenvalue weighted by atomic mass is 9.89. The van der Waals surface area contributed by atoms with E-state index in [1.165, 1.54) is 5.56 Å². The van der Waals surface area contributed by atoms with Gasteiger partial charge in [0.15, 0.2) is 0 Å². The van der Waals surface area contributed by atoms with Gasteiger partial charge in [0.2, 0.25) is 0 Å². The van der Waals surface area contributed by atoms with Crippen LogP contribution in [0.15, 0.2) is 48.8 Å². The Morgan fingerprint density at radius 3 is 2.87 bits per heavy atom. The Labute approximate surface area is 188 Å². The van der Waals surface area contributed by atoms with Gasteiger partial charge in [-0.1, -0.05) is 38.4 Å². The van der Waals surface area contributed by atoms with Crippen molar-refractivity contribution >= 4 is 17.6 Å². The maximum Gasteiger partial charge on any atom is 0.315 e. The Kier molecular flexibility index (Phi) is 6.01. The summed E-state index contributed by atoms with van der Waals surface area (Å²) in [5.41, 5.74) is 4.99. The number of amides is 2. The molecule has 2 aromatic heterocycles. The molecule has 1 aromatic carbocycles. The second-order valence-electron chi connectivity index (χ2n) is 9.01. The van der Waals surface area contributed by atoms with E-state index < -0.39 is 0 Å². The number of halogens is 1. The summed E-state index contributed by atoms with van der Waals surface area (Å²) in [6, 6.07) is 11.4. The van der Waals surface area contributed by atoms with Gasteiger partial charge in [0.05, 0.1) is 29.7 Å². The molecule has 1 aliphatic carbocycles. The van der Waals surface area contributed by atoms with Crippen LogP contribution in [0.5, 0.6) is 0 Å². The fourth-order valence-corrected chi connectivity index (χ4v) is 4.10. The van der Waals surface area contributed by atoms with Gasteiger partial charge in [-0.3, -0.25) is 4.98 Å². The molecular formula is C24H28ClN5O. The maximum atomic E-state index is 12.7. The second-order valence-corrected chi connectivity index (χ2v) is 9.45. The van der Waals surface area contributed by atoms with Crippen molar-refractivity contribution in [1.29, 1.82) is 0 Å². The number of hydrogen-bond donors (Lipinski definition) is 2. The van der Waals surface area contributed by atoms with E-state index in [0.717, 1.165) is 41.9 Å². The number of carbonyl (C=O) groups is 1. The van der Waals surface area contributed by atoms with Crippen LogP contribution < -0.4 is 10.6 Å². The van der Waals surface area contributed by atoms with Crippen molar-refractivity contribution in [3.8, 4) is 5.69 Å². The van der Waals surface area contributed by atoms with Gasteiger partial charge in [0.25, 0.3) is 0 Å².